The Morgan fingerprint density at radius 1 is 1.08 bits per heavy atom. The summed E-state index contributed by atoms with van der Waals surface area (Å²) in [7, 11) is 1.72. The molecule has 1 heterocycles. The average molecular weight is 357 g/mol. The van der Waals surface area contributed by atoms with Gasteiger partial charge in [-0.2, -0.15) is 0 Å². The van der Waals surface area contributed by atoms with Gasteiger partial charge in [0.25, 0.3) is 0 Å². The molecule has 0 radical (unpaired) electrons. The van der Waals surface area contributed by atoms with Crippen LogP contribution in [0.25, 0.3) is 0 Å². The number of hydrogen-bond acceptors (Lipinski definition) is 3. The predicted molar refractivity (Wildman–Crippen MR) is 101 cm³/mol. The number of hydrogen-bond donors (Lipinski definition) is 0. The van der Waals surface area contributed by atoms with Crippen molar-refractivity contribution in [2.45, 2.75) is 63.9 Å². The van der Waals surface area contributed by atoms with Gasteiger partial charge in [-0.1, -0.05) is 12.1 Å². The molecule has 1 aromatic rings. The van der Waals surface area contributed by atoms with Gasteiger partial charge in [-0.25, -0.2) is 4.79 Å². The van der Waals surface area contributed by atoms with Crippen molar-refractivity contribution in [2.24, 2.45) is 11.3 Å². The van der Waals surface area contributed by atoms with E-state index in [1.165, 1.54) is 24.8 Å². The molecule has 4 heteroatoms. The zero-order chi connectivity index (χ0) is 18.6. The van der Waals surface area contributed by atoms with Crippen LogP contribution in [0, 0.1) is 11.3 Å². The Labute approximate surface area is 156 Å². The van der Waals surface area contributed by atoms with E-state index in [-0.39, 0.29) is 6.09 Å². The number of ether oxygens (including phenoxy) is 2. The number of nitrogens with zero attached hydrogens (tertiary/aromatic N) is 1. The van der Waals surface area contributed by atoms with Crippen LogP contribution < -0.4 is 4.74 Å². The Kier molecular flexibility index (Phi) is 4.01. The third-order valence-electron chi connectivity index (χ3n) is 6.79. The second-order valence-corrected chi connectivity index (χ2v) is 9.64. The third-order valence-corrected chi connectivity index (χ3v) is 6.79. The molecule has 3 saturated carbocycles. The molecule has 0 aromatic heterocycles. The molecule has 0 spiro atoms. The van der Waals surface area contributed by atoms with E-state index in [0.717, 1.165) is 37.6 Å². The van der Waals surface area contributed by atoms with Gasteiger partial charge in [0.15, 0.2) is 0 Å². The summed E-state index contributed by atoms with van der Waals surface area (Å²) in [5, 5.41) is 0. The highest BCUT2D eigenvalue weighted by Crippen LogP contribution is 2.77. The Balaban J connectivity index is 1.30. The molecule has 3 aliphatic carbocycles. The van der Waals surface area contributed by atoms with Crippen LogP contribution >= 0.6 is 0 Å². The van der Waals surface area contributed by atoms with Crippen molar-refractivity contribution in [2.75, 3.05) is 20.2 Å². The van der Waals surface area contributed by atoms with Crippen LogP contribution in [0.2, 0.25) is 0 Å². The van der Waals surface area contributed by atoms with Gasteiger partial charge in [-0.05, 0) is 87.3 Å². The quantitative estimate of drug-likeness (QED) is 0.782. The van der Waals surface area contributed by atoms with E-state index in [4.69, 9.17) is 9.47 Å². The van der Waals surface area contributed by atoms with Crippen molar-refractivity contribution in [3.8, 4) is 5.75 Å². The van der Waals surface area contributed by atoms with Gasteiger partial charge in [0.2, 0.25) is 0 Å². The Morgan fingerprint density at radius 2 is 1.65 bits per heavy atom. The minimum Gasteiger partial charge on any atom is -0.497 e. The smallest absolute Gasteiger partial charge is 0.410 e. The van der Waals surface area contributed by atoms with Crippen LogP contribution in [-0.4, -0.2) is 36.8 Å². The Morgan fingerprint density at radius 3 is 2.15 bits per heavy atom. The minimum absolute atomic E-state index is 0.150. The number of carbonyl (C=O) groups excluding carboxylic acids is 1. The first-order valence-corrected chi connectivity index (χ1v) is 9.88. The first-order valence-electron chi connectivity index (χ1n) is 9.88. The predicted octanol–water partition coefficient (Wildman–Crippen LogP) is 4.76. The number of rotatable bonds is 3. The van der Waals surface area contributed by atoms with E-state index in [1.54, 1.807) is 7.11 Å². The van der Waals surface area contributed by atoms with Gasteiger partial charge < -0.3 is 14.4 Å². The first-order chi connectivity index (χ1) is 12.3. The fourth-order valence-electron chi connectivity index (χ4n) is 5.55. The normalized spacial score (nSPS) is 31.0. The second-order valence-electron chi connectivity index (χ2n) is 9.64. The molecule has 142 valence electrons. The summed E-state index contributed by atoms with van der Waals surface area (Å²) >= 11 is 0. The Hall–Kier alpha value is -1.71. The number of likely N-dealkylation sites (tertiary alicyclic amines) is 1. The molecule has 1 aliphatic heterocycles. The molecule has 0 unspecified atom stereocenters. The lowest BCUT2D eigenvalue weighted by Gasteiger charge is -2.74. The van der Waals surface area contributed by atoms with Crippen molar-refractivity contribution in [3.05, 3.63) is 29.8 Å². The molecular formula is C22H31NO3. The number of benzene rings is 1. The molecule has 4 fully saturated rings. The van der Waals surface area contributed by atoms with Crippen LogP contribution in [0.1, 0.15) is 58.4 Å². The minimum atomic E-state index is -0.410. The standard InChI is InChI=1S/C22H31NO3/c1-20(2,3)26-19(24)23-11-9-17(10-12-23)22-13-21(14-22,15-22)16-5-7-18(25-4)8-6-16/h5-8,17H,9-15H2,1-4H3. The van der Waals surface area contributed by atoms with E-state index in [1.807, 2.05) is 25.7 Å². The van der Waals surface area contributed by atoms with E-state index < -0.39 is 5.60 Å². The number of methoxy groups -OCH3 is 1. The summed E-state index contributed by atoms with van der Waals surface area (Å²) in [5.74, 6) is 1.70. The fraction of sp³-hybridized carbons (Fsp3) is 0.682. The van der Waals surface area contributed by atoms with E-state index in [2.05, 4.69) is 24.3 Å². The molecular weight excluding hydrogens is 326 g/mol. The Bertz CT molecular complexity index is 661. The van der Waals surface area contributed by atoms with Crippen LogP contribution in [-0.2, 0) is 10.2 Å². The largest absolute Gasteiger partial charge is 0.497 e. The van der Waals surface area contributed by atoms with Crippen molar-refractivity contribution in [1.82, 2.24) is 4.90 Å². The van der Waals surface area contributed by atoms with Crippen LogP contribution in [0.4, 0.5) is 4.79 Å². The van der Waals surface area contributed by atoms with Gasteiger partial charge in [-0.15, -0.1) is 0 Å². The van der Waals surface area contributed by atoms with E-state index >= 15 is 0 Å². The summed E-state index contributed by atoms with van der Waals surface area (Å²) in [6, 6.07) is 8.66. The summed E-state index contributed by atoms with van der Waals surface area (Å²) in [6.45, 7) is 7.47. The van der Waals surface area contributed by atoms with Crippen molar-refractivity contribution in [1.29, 1.82) is 0 Å². The second kappa shape index (κ2) is 5.90. The maximum atomic E-state index is 12.2. The van der Waals surface area contributed by atoms with Gasteiger partial charge in [0, 0.05) is 13.1 Å². The molecule has 1 amide bonds. The van der Waals surface area contributed by atoms with Gasteiger partial charge in [-0.3, -0.25) is 0 Å². The number of carbonyl (C=O) groups is 1. The summed E-state index contributed by atoms with van der Waals surface area (Å²) in [5.41, 5.74) is 2.03. The maximum Gasteiger partial charge on any atom is 0.410 e. The molecule has 26 heavy (non-hydrogen) atoms. The molecule has 5 rings (SSSR count). The number of amides is 1. The lowest BCUT2D eigenvalue weighted by atomic mass is 9.30. The van der Waals surface area contributed by atoms with Crippen molar-refractivity contribution in [3.63, 3.8) is 0 Å². The zero-order valence-corrected chi connectivity index (χ0v) is 16.5. The van der Waals surface area contributed by atoms with Gasteiger partial charge in [0.05, 0.1) is 7.11 Å². The lowest BCUT2D eigenvalue weighted by Crippen LogP contribution is -2.68. The topological polar surface area (TPSA) is 38.8 Å². The fourth-order valence-corrected chi connectivity index (χ4v) is 5.55. The van der Waals surface area contributed by atoms with Gasteiger partial charge >= 0.3 is 6.09 Å². The summed E-state index contributed by atoms with van der Waals surface area (Å²) in [4.78, 5) is 14.1. The lowest BCUT2D eigenvalue weighted by molar-refractivity contribution is -0.190. The van der Waals surface area contributed by atoms with Gasteiger partial charge in [0.1, 0.15) is 11.4 Å². The molecule has 2 bridgehead atoms. The SMILES string of the molecule is COc1ccc(C23CC(C4CCN(C(=O)OC(C)(C)C)CC4)(C2)C3)cc1. The zero-order valence-electron chi connectivity index (χ0n) is 16.5. The molecule has 1 saturated heterocycles. The highest BCUT2D eigenvalue weighted by molar-refractivity contribution is 5.68. The average Bonchev–Trinajstić information content (AvgIpc) is 2.52. The highest BCUT2D eigenvalue weighted by atomic mass is 16.6. The van der Waals surface area contributed by atoms with Crippen LogP contribution in [0.3, 0.4) is 0 Å². The summed E-state index contributed by atoms with van der Waals surface area (Å²) < 4.78 is 10.8. The summed E-state index contributed by atoms with van der Waals surface area (Å²) in [6.07, 6.45) is 6.06. The van der Waals surface area contributed by atoms with Crippen LogP contribution in [0.5, 0.6) is 5.75 Å². The maximum absolute atomic E-state index is 12.2. The van der Waals surface area contributed by atoms with Crippen molar-refractivity contribution >= 4 is 6.09 Å². The highest BCUT2D eigenvalue weighted by Gasteiger charge is 2.70. The molecule has 0 N–H and O–H groups in total. The van der Waals surface area contributed by atoms with E-state index in [9.17, 15) is 4.79 Å². The molecule has 1 aromatic carbocycles. The molecule has 4 nitrogen and oxygen atoms in total. The number of piperidine rings is 1. The monoisotopic (exact) mass is 357 g/mol. The van der Waals surface area contributed by atoms with E-state index in [0.29, 0.717) is 10.8 Å². The molecule has 4 aliphatic rings. The van der Waals surface area contributed by atoms with Crippen molar-refractivity contribution < 1.29 is 14.3 Å². The third kappa shape index (κ3) is 2.87. The molecule has 0 atom stereocenters. The first kappa shape index (κ1) is 17.7. The van der Waals surface area contributed by atoms with Crippen LogP contribution in [0.15, 0.2) is 24.3 Å².